The molecule has 0 unspecified atom stereocenters. The minimum Gasteiger partial charge on any atom is -0.378 e. The van der Waals surface area contributed by atoms with Gasteiger partial charge in [-0.25, -0.2) is 21.9 Å². The zero-order chi connectivity index (χ0) is 20.3. The number of nitrogens with one attached hydrogen (secondary N) is 1. The van der Waals surface area contributed by atoms with Gasteiger partial charge in [0.2, 0.25) is 21.9 Å². The molecule has 2 aromatic rings. The van der Waals surface area contributed by atoms with Gasteiger partial charge >= 0.3 is 0 Å². The first kappa shape index (κ1) is 20.3. The molecule has 2 heterocycles. The molecule has 0 atom stereocenters. The van der Waals surface area contributed by atoms with Crippen molar-refractivity contribution in [1.29, 1.82) is 0 Å². The quantitative estimate of drug-likeness (QED) is 0.731. The Labute approximate surface area is 161 Å². The Balaban J connectivity index is 1.82. The second kappa shape index (κ2) is 8.29. The molecule has 1 fully saturated rings. The number of benzene rings is 1. The molecule has 1 aromatic carbocycles. The fourth-order valence-electron chi connectivity index (χ4n) is 2.47. The Morgan fingerprint density at radius 3 is 2.50 bits per heavy atom. The van der Waals surface area contributed by atoms with E-state index in [0.29, 0.717) is 44.3 Å². The van der Waals surface area contributed by atoms with Gasteiger partial charge in [-0.2, -0.15) is 15.0 Å². The van der Waals surface area contributed by atoms with Crippen LogP contribution in [0.4, 0.5) is 20.7 Å². The van der Waals surface area contributed by atoms with Gasteiger partial charge in [0.25, 0.3) is 0 Å². The van der Waals surface area contributed by atoms with Crippen molar-refractivity contribution in [3.63, 3.8) is 0 Å². The van der Waals surface area contributed by atoms with E-state index in [1.165, 1.54) is 0 Å². The molecule has 0 amide bonds. The summed E-state index contributed by atoms with van der Waals surface area (Å²) in [6.45, 7) is 2.07. The number of anilines is 2. The first-order valence-corrected chi connectivity index (χ1v) is 9.94. The van der Waals surface area contributed by atoms with Crippen molar-refractivity contribution < 1.29 is 21.9 Å². The maximum atomic E-state index is 13.4. The maximum absolute atomic E-state index is 13.4. The van der Waals surface area contributed by atoms with Gasteiger partial charge < -0.3 is 14.5 Å². The molecular weight excluding hydrogens is 394 g/mol. The first-order valence-electron chi connectivity index (χ1n) is 8.46. The van der Waals surface area contributed by atoms with Crippen LogP contribution in [-0.2, 0) is 21.3 Å². The van der Waals surface area contributed by atoms with Crippen LogP contribution in [0.3, 0.4) is 0 Å². The number of aromatic nitrogens is 3. The third-order valence-corrected chi connectivity index (χ3v) is 5.37. The third-order valence-electron chi connectivity index (χ3n) is 3.97. The van der Waals surface area contributed by atoms with Gasteiger partial charge in [0.15, 0.2) is 17.5 Å². The van der Waals surface area contributed by atoms with Crippen LogP contribution in [0.15, 0.2) is 23.1 Å². The normalized spacial score (nSPS) is 14.9. The number of ether oxygens (including phenoxy) is 1. The second-order valence-electron chi connectivity index (χ2n) is 6.25. The summed E-state index contributed by atoms with van der Waals surface area (Å²) in [6.07, 6.45) is 0. The van der Waals surface area contributed by atoms with E-state index in [0.717, 1.165) is 12.1 Å². The molecule has 0 saturated carbocycles. The van der Waals surface area contributed by atoms with Gasteiger partial charge in [-0.15, -0.1) is 0 Å². The van der Waals surface area contributed by atoms with Crippen LogP contribution in [0.1, 0.15) is 5.82 Å². The van der Waals surface area contributed by atoms with E-state index in [-0.39, 0.29) is 17.3 Å². The van der Waals surface area contributed by atoms with Crippen LogP contribution in [0, 0.1) is 11.6 Å². The Morgan fingerprint density at radius 2 is 1.86 bits per heavy atom. The molecule has 1 N–H and O–H groups in total. The topological polar surface area (TPSA) is 101 Å². The predicted molar refractivity (Wildman–Crippen MR) is 97.6 cm³/mol. The van der Waals surface area contributed by atoms with Gasteiger partial charge in [-0.1, -0.05) is 0 Å². The Morgan fingerprint density at radius 1 is 1.14 bits per heavy atom. The minimum atomic E-state index is -4.07. The highest BCUT2D eigenvalue weighted by molar-refractivity contribution is 7.89. The zero-order valence-corrected chi connectivity index (χ0v) is 16.2. The van der Waals surface area contributed by atoms with E-state index < -0.39 is 21.7 Å². The van der Waals surface area contributed by atoms with Gasteiger partial charge in [0, 0.05) is 27.2 Å². The number of sulfonamides is 1. The molecule has 152 valence electrons. The highest BCUT2D eigenvalue weighted by Gasteiger charge is 2.20. The molecule has 0 radical (unpaired) electrons. The summed E-state index contributed by atoms with van der Waals surface area (Å²) >= 11 is 0. The lowest BCUT2D eigenvalue weighted by Gasteiger charge is -2.27. The minimum absolute atomic E-state index is 0.200. The maximum Gasteiger partial charge on any atom is 0.241 e. The number of nitrogens with zero attached hydrogens (tertiary/aromatic N) is 5. The van der Waals surface area contributed by atoms with Crippen LogP contribution in [0.25, 0.3) is 0 Å². The zero-order valence-electron chi connectivity index (χ0n) is 15.4. The van der Waals surface area contributed by atoms with E-state index in [1.54, 1.807) is 19.0 Å². The van der Waals surface area contributed by atoms with Crippen LogP contribution < -0.4 is 14.5 Å². The van der Waals surface area contributed by atoms with Crippen LogP contribution in [-0.4, -0.2) is 63.8 Å². The van der Waals surface area contributed by atoms with E-state index in [2.05, 4.69) is 19.7 Å². The molecule has 28 heavy (non-hydrogen) atoms. The fourth-order valence-corrected chi connectivity index (χ4v) is 3.46. The number of morpholine rings is 1. The van der Waals surface area contributed by atoms with Gasteiger partial charge in [-0.3, -0.25) is 0 Å². The average Bonchev–Trinajstić information content (AvgIpc) is 2.69. The fraction of sp³-hybridized carbons (Fsp3) is 0.438. The molecule has 12 heteroatoms. The van der Waals surface area contributed by atoms with E-state index in [9.17, 15) is 17.2 Å². The summed E-state index contributed by atoms with van der Waals surface area (Å²) in [5.74, 6) is -1.37. The standard InChI is InChI=1S/C16H20F2N6O3S/c1-23(2)15-20-14(21-16(22-15)24-5-7-27-8-6-24)10-19-28(25,26)11-3-4-12(17)13(18)9-11/h3-4,9,19H,5-8,10H2,1-2H3. The molecule has 9 nitrogen and oxygen atoms in total. The van der Waals surface area contributed by atoms with Crippen molar-refractivity contribution >= 4 is 21.9 Å². The average molecular weight is 414 g/mol. The van der Waals surface area contributed by atoms with Gasteiger partial charge in [0.1, 0.15) is 0 Å². The van der Waals surface area contributed by atoms with E-state index >= 15 is 0 Å². The molecule has 0 aliphatic carbocycles. The molecular formula is C16H20F2N6O3S. The second-order valence-corrected chi connectivity index (χ2v) is 8.01. The Kier molecular flexibility index (Phi) is 6.01. The summed E-state index contributed by atoms with van der Waals surface area (Å²) in [5.41, 5.74) is 0. The predicted octanol–water partition coefficient (Wildman–Crippen LogP) is 0.531. The smallest absolute Gasteiger partial charge is 0.241 e. The highest BCUT2D eigenvalue weighted by Crippen LogP contribution is 2.16. The van der Waals surface area contributed by atoms with Gasteiger partial charge in [0.05, 0.1) is 24.7 Å². The number of rotatable bonds is 6. The monoisotopic (exact) mass is 414 g/mol. The van der Waals surface area contributed by atoms with Gasteiger partial charge in [-0.05, 0) is 18.2 Å². The molecule has 0 bridgehead atoms. The van der Waals surface area contributed by atoms with E-state index in [1.807, 2.05) is 4.90 Å². The Bertz CT molecular complexity index is 951. The lowest BCUT2D eigenvalue weighted by atomic mass is 10.3. The summed E-state index contributed by atoms with van der Waals surface area (Å²) in [4.78, 5) is 16.2. The van der Waals surface area contributed by atoms with Crippen molar-refractivity contribution in [3.8, 4) is 0 Å². The van der Waals surface area contributed by atoms with Crippen molar-refractivity contribution in [3.05, 3.63) is 35.7 Å². The third kappa shape index (κ3) is 4.69. The number of hydrogen-bond donors (Lipinski definition) is 1. The summed E-state index contributed by atoms with van der Waals surface area (Å²) in [5, 5.41) is 0. The highest BCUT2D eigenvalue weighted by atomic mass is 32.2. The number of halogens is 2. The lowest BCUT2D eigenvalue weighted by Crippen LogP contribution is -2.38. The number of hydrogen-bond acceptors (Lipinski definition) is 8. The largest absolute Gasteiger partial charge is 0.378 e. The van der Waals surface area contributed by atoms with Crippen LogP contribution in [0.2, 0.25) is 0 Å². The summed E-state index contributed by atoms with van der Waals surface area (Å²) < 4.78 is 58.7. The van der Waals surface area contributed by atoms with Crippen molar-refractivity contribution in [2.45, 2.75) is 11.4 Å². The Hall–Kier alpha value is -2.44. The van der Waals surface area contributed by atoms with Crippen molar-refractivity contribution in [1.82, 2.24) is 19.7 Å². The molecule has 1 saturated heterocycles. The van der Waals surface area contributed by atoms with Crippen LogP contribution >= 0.6 is 0 Å². The molecule has 1 aliphatic heterocycles. The summed E-state index contributed by atoms with van der Waals surface area (Å²) in [6, 6.07) is 2.36. The molecule has 1 aliphatic rings. The SMILES string of the molecule is CN(C)c1nc(CNS(=O)(=O)c2ccc(F)c(F)c2)nc(N2CCOCC2)n1. The summed E-state index contributed by atoms with van der Waals surface area (Å²) in [7, 11) is -0.558. The lowest BCUT2D eigenvalue weighted by molar-refractivity contribution is 0.122. The van der Waals surface area contributed by atoms with Crippen molar-refractivity contribution in [2.75, 3.05) is 50.2 Å². The van der Waals surface area contributed by atoms with Crippen molar-refractivity contribution in [2.24, 2.45) is 0 Å². The molecule has 3 rings (SSSR count). The first-order chi connectivity index (χ1) is 13.3. The molecule has 0 spiro atoms. The van der Waals surface area contributed by atoms with E-state index in [4.69, 9.17) is 4.74 Å². The molecule has 1 aromatic heterocycles. The van der Waals surface area contributed by atoms with Crippen LogP contribution in [0.5, 0.6) is 0 Å².